The van der Waals surface area contributed by atoms with Gasteiger partial charge in [0, 0.05) is 19.5 Å². The minimum absolute atomic E-state index is 0.0296. The number of nitrogens with one attached hydrogen (secondary N) is 1. The van der Waals surface area contributed by atoms with E-state index in [0.29, 0.717) is 25.5 Å². The van der Waals surface area contributed by atoms with Gasteiger partial charge >= 0.3 is 6.03 Å². The van der Waals surface area contributed by atoms with Crippen molar-refractivity contribution in [3.63, 3.8) is 0 Å². The summed E-state index contributed by atoms with van der Waals surface area (Å²) in [7, 11) is 0. The highest BCUT2D eigenvalue weighted by atomic mass is 19.1. The number of hydrogen-bond acceptors (Lipinski definition) is 3. The summed E-state index contributed by atoms with van der Waals surface area (Å²) in [6.45, 7) is 1.54. The minimum Gasteiger partial charge on any atom is -0.374 e. The highest BCUT2D eigenvalue weighted by Crippen LogP contribution is 2.13. The number of urea groups is 1. The van der Waals surface area contributed by atoms with Gasteiger partial charge in [0.25, 0.3) is 0 Å². The molecule has 1 aromatic heterocycles. The third-order valence-electron chi connectivity index (χ3n) is 3.69. The van der Waals surface area contributed by atoms with Crippen molar-refractivity contribution in [3.05, 3.63) is 60.0 Å². The fraction of sp³-hybridized carbons (Fsp3) is 0.294. The highest BCUT2D eigenvalue weighted by molar-refractivity contribution is 5.88. The van der Waals surface area contributed by atoms with Gasteiger partial charge in [0.05, 0.1) is 18.9 Å². The first-order valence-corrected chi connectivity index (χ1v) is 7.54. The number of hydrogen-bond donors (Lipinski definition) is 1. The SMILES string of the molecule is O=C(Nc1ccc(F)cn1)N1CCOC(Cc2ccccc2)C1. The summed E-state index contributed by atoms with van der Waals surface area (Å²) >= 11 is 0. The molecular formula is C17H18FN3O2. The molecule has 3 rings (SSSR count). The lowest BCUT2D eigenvalue weighted by molar-refractivity contribution is -0.0113. The van der Waals surface area contributed by atoms with Crippen LogP contribution in [0.15, 0.2) is 48.7 Å². The topological polar surface area (TPSA) is 54.5 Å². The minimum atomic E-state index is -0.433. The highest BCUT2D eigenvalue weighted by Gasteiger charge is 2.24. The fourth-order valence-corrected chi connectivity index (χ4v) is 2.54. The Balaban J connectivity index is 1.57. The van der Waals surface area contributed by atoms with Crippen molar-refractivity contribution in [2.75, 3.05) is 25.0 Å². The number of halogens is 1. The molecule has 6 heteroatoms. The Morgan fingerprint density at radius 3 is 2.87 bits per heavy atom. The Morgan fingerprint density at radius 2 is 2.13 bits per heavy atom. The summed E-state index contributed by atoms with van der Waals surface area (Å²) in [6, 6.07) is 12.5. The van der Waals surface area contributed by atoms with Crippen molar-refractivity contribution in [2.24, 2.45) is 0 Å². The first kappa shape index (κ1) is 15.4. The number of amides is 2. The molecule has 5 nitrogen and oxygen atoms in total. The molecule has 1 fully saturated rings. The number of rotatable bonds is 3. The van der Waals surface area contributed by atoms with Crippen molar-refractivity contribution in [2.45, 2.75) is 12.5 Å². The first-order chi connectivity index (χ1) is 11.2. The van der Waals surface area contributed by atoms with Gasteiger partial charge in [0.1, 0.15) is 11.6 Å². The van der Waals surface area contributed by atoms with Crippen LogP contribution in [0.1, 0.15) is 5.56 Å². The van der Waals surface area contributed by atoms with Crippen molar-refractivity contribution >= 4 is 11.8 Å². The van der Waals surface area contributed by atoms with Gasteiger partial charge in [0.2, 0.25) is 0 Å². The maximum Gasteiger partial charge on any atom is 0.323 e. The Kier molecular flexibility index (Phi) is 4.83. The van der Waals surface area contributed by atoms with E-state index >= 15 is 0 Å². The number of anilines is 1. The summed E-state index contributed by atoms with van der Waals surface area (Å²) in [4.78, 5) is 17.8. The van der Waals surface area contributed by atoms with Crippen LogP contribution >= 0.6 is 0 Å². The summed E-state index contributed by atoms with van der Waals surface area (Å²) in [5.41, 5.74) is 1.18. The van der Waals surface area contributed by atoms with E-state index in [1.54, 1.807) is 4.90 Å². The van der Waals surface area contributed by atoms with Gasteiger partial charge in [-0.15, -0.1) is 0 Å². The number of aromatic nitrogens is 1. The van der Waals surface area contributed by atoms with Crippen molar-refractivity contribution in [1.29, 1.82) is 0 Å². The number of carbonyl (C=O) groups is 1. The van der Waals surface area contributed by atoms with E-state index in [2.05, 4.69) is 10.3 Å². The van der Waals surface area contributed by atoms with Gasteiger partial charge in [-0.3, -0.25) is 5.32 Å². The summed E-state index contributed by atoms with van der Waals surface area (Å²) in [5.74, 6) is -0.0974. The molecular weight excluding hydrogens is 297 g/mol. The van der Waals surface area contributed by atoms with Crippen LogP contribution in [0.5, 0.6) is 0 Å². The van der Waals surface area contributed by atoms with Crippen molar-refractivity contribution < 1.29 is 13.9 Å². The van der Waals surface area contributed by atoms with Crippen LogP contribution in [0.4, 0.5) is 15.0 Å². The Morgan fingerprint density at radius 1 is 1.30 bits per heavy atom. The van der Waals surface area contributed by atoms with Crippen LogP contribution in [0, 0.1) is 5.82 Å². The fourth-order valence-electron chi connectivity index (χ4n) is 2.54. The lowest BCUT2D eigenvalue weighted by atomic mass is 10.1. The number of nitrogens with zero attached hydrogens (tertiary/aromatic N) is 2. The molecule has 0 radical (unpaired) electrons. The van der Waals surface area contributed by atoms with Crippen LogP contribution in [0.2, 0.25) is 0 Å². The zero-order valence-electron chi connectivity index (χ0n) is 12.6. The molecule has 1 N–H and O–H groups in total. The summed E-state index contributed by atoms with van der Waals surface area (Å²) < 4.78 is 18.6. The third kappa shape index (κ3) is 4.26. The van der Waals surface area contributed by atoms with Crippen molar-refractivity contribution in [1.82, 2.24) is 9.88 Å². The molecule has 0 aliphatic carbocycles. The van der Waals surface area contributed by atoms with Crippen LogP contribution in [-0.4, -0.2) is 41.7 Å². The second kappa shape index (κ2) is 7.19. The molecule has 120 valence electrons. The van der Waals surface area contributed by atoms with E-state index in [1.807, 2.05) is 30.3 Å². The van der Waals surface area contributed by atoms with Crippen LogP contribution in [-0.2, 0) is 11.2 Å². The standard InChI is InChI=1S/C17H18FN3O2/c18-14-6-7-16(19-11-14)20-17(22)21-8-9-23-15(12-21)10-13-4-2-1-3-5-13/h1-7,11,15H,8-10,12H2,(H,19,20,22). The second-order valence-corrected chi connectivity index (χ2v) is 5.42. The van der Waals surface area contributed by atoms with E-state index in [4.69, 9.17) is 4.74 Å². The third-order valence-corrected chi connectivity index (χ3v) is 3.69. The van der Waals surface area contributed by atoms with Crippen LogP contribution in [0.3, 0.4) is 0 Å². The number of ether oxygens (including phenoxy) is 1. The molecule has 1 atom stereocenters. The summed E-state index contributed by atoms with van der Waals surface area (Å²) in [5, 5.41) is 2.68. The van der Waals surface area contributed by atoms with E-state index in [9.17, 15) is 9.18 Å². The van der Waals surface area contributed by atoms with Crippen LogP contribution < -0.4 is 5.32 Å². The zero-order valence-corrected chi connectivity index (χ0v) is 12.6. The average molecular weight is 315 g/mol. The molecule has 1 saturated heterocycles. The van der Waals surface area contributed by atoms with E-state index in [0.717, 1.165) is 12.6 Å². The molecule has 0 spiro atoms. The quantitative estimate of drug-likeness (QED) is 0.947. The number of benzene rings is 1. The zero-order chi connectivity index (χ0) is 16.1. The van der Waals surface area contributed by atoms with Gasteiger partial charge in [-0.2, -0.15) is 0 Å². The molecule has 0 saturated carbocycles. The van der Waals surface area contributed by atoms with Gasteiger partial charge in [0.15, 0.2) is 0 Å². The lowest BCUT2D eigenvalue weighted by Crippen LogP contribution is -2.48. The molecule has 2 amide bonds. The van der Waals surface area contributed by atoms with Crippen LogP contribution in [0.25, 0.3) is 0 Å². The van der Waals surface area contributed by atoms with E-state index < -0.39 is 5.82 Å². The molecule has 2 aromatic rings. The Hall–Kier alpha value is -2.47. The summed E-state index contributed by atoms with van der Waals surface area (Å²) in [6.07, 6.45) is 1.81. The van der Waals surface area contributed by atoms with Gasteiger partial charge in [-0.25, -0.2) is 14.2 Å². The monoisotopic (exact) mass is 315 g/mol. The largest absolute Gasteiger partial charge is 0.374 e. The van der Waals surface area contributed by atoms with Gasteiger partial charge in [-0.05, 0) is 17.7 Å². The smallest absolute Gasteiger partial charge is 0.323 e. The molecule has 1 aliphatic heterocycles. The van der Waals surface area contributed by atoms with Crippen molar-refractivity contribution in [3.8, 4) is 0 Å². The maximum absolute atomic E-state index is 12.8. The van der Waals surface area contributed by atoms with Gasteiger partial charge < -0.3 is 9.64 Å². The second-order valence-electron chi connectivity index (χ2n) is 5.42. The van der Waals surface area contributed by atoms with E-state index in [1.165, 1.54) is 17.7 Å². The molecule has 0 bridgehead atoms. The number of pyridine rings is 1. The van der Waals surface area contributed by atoms with Gasteiger partial charge in [-0.1, -0.05) is 30.3 Å². The lowest BCUT2D eigenvalue weighted by Gasteiger charge is -2.33. The molecule has 1 unspecified atom stereocenters. The molecule has 23 heavy (non-hydrogen) atoms. The number of carbonyl (C=O) groups excluding carboxylic acids is 1. The Labute approximate surface area is 134 Å². The Bertz CT molecular complexity index is 649. The molecule has 1 aromatic carbocycles. The maximum atomic E-state index is 12.8. The predicted octanol–water partition coefficient (Wildman–Crippen LogP) is 2.70. The first-order valence-electron chi connectivity index (χ1n) is 7.54. The predicted molar refractivity (Wildman–Crippen MR) is 84.7 cm³/mol. The normalized spacial score (nSPS) is 17.8. The number of morpholine rings is 1. The average Bonchev–Trinajstić information content (AvgIpc) is 2.58. The molecule has 2 heterocycles. The molecule has 1 aliphatic rings. The van der Waals surface area contributed by atoms with E-state index in [-0.39, 0.29) is 12.1 Å².